The van der Waals surface area contributed by atoms with Crippen LogP contribution in [0.3, 0.4) is 0 Å². The molecular formula is C13H13N3O4S. The Hall–Kier alpha value is -2.48. The lowest BCUT2D eigenvalue weighted by atomic mass is 10.1. The van der Waals surface area contributed by atoms with E-state index >= 15 is 0 Å². The van der Waals surface area contributed by atoms with Crippen molar-refractivity contribution in [2.24, 2.45) is 5.73 Å². The number of nitrogens with one attached hydrogen (secondary N) is 1. The predicted molar refractivity (Wildman–Crippen MR) is 76.9 cm³/mol. The number of hydrogen-bond donors (Lipinski definition) is 3. The van der Waals surface area contributed by atoms with Crippen LogP contribution in [0.1, 0.15) is 23.2 Å². The molecule has 0 saturated carbocycles. The molecule has 0 aliphatic heterocycles. The number of carbonyl (C=O) groups is 3. The van der Waals surface area contributed by atoms with Gasteiger partial charge in [-0.2, -0.15) is 0 Å². The maximum absolute atomic E-state index is 12.1. The van der Waals surface area contributed by atoms with Crippen LogP contribution in [0.2, 0.25) is 0 Å². The molecule has 1 aromatic carbocycles. The van der Waals surface area contributed by atoms with Gasteiger partial charge in [0.2, 0.25) is 5.91 Å². The Morgan fingerprint density at radius 1 is 1.38 bits per heavy atom. The van der Waals surface area contributed by atoms with Gasteiger partial charge >= 0.3 is 5.97 Å². The molecule has 110 valence electrons. The lowest BCUT2D eigenvalue weighted by Crippen LogP contribution is -2.41. The molecule has 2 aromatic rings. The molecule has 0 unspecified atom stereocenters. The second kappa shape index (κ2) is 6.31. The van der Waals surface area contributed by atoms with E-state index in [9.17, 15) is 14.4 Å². The quantitative estimate of drug-likeness (QED) is 0.726. The summed E-state index contributed by atoms with van der Waals surface area (Å²) in [4.78, 5) is 37.9. The van der Waals surface area contributed by atoms with E-state index in [1.54, 1.807) is 23.7 Å². The molecule has 7 nitrogen and oxygen atoms in total. The van der Waals surface area contributed by atoms with E-state index in [2.05, 4.69) is 10.3 Å². The van der Waals surface area contributed by atoms with Gasteiger partial charge in [-0.15, -0.1) is 11.3 Å². The molecular weight excluding hydrogens is 294 g/mol. The molecule has 0 radical (unpaired) electrons. The van der Waals surface area contributed by atoms with Crippen LogP contribution in [0, 0.1) is 0 Å². The summed E-state index contributed by atoms with van der Waals surface area (Å²) in [6, 6.07) is 3.77. The number of benzene rings is 1. The first-order valence-electron chi connectivity index (χ1n) is 6.12. The van der Waals surface area contributed by atoms with Crippen molar-refractivity contribution in [1.82, 2.24) is 10.3 Å². The van der Waals surface area contributed by atoms with E-state index in [0.29, 0.717) is 5.56 Å². The van der Waals surface area contributed by atoms with Crippen LogP contribution in [-0.4, -0.2) is 33.9 Å². The fourth-order valence-corrected chi connectivity index (χ4v) is 2.50. The van der Waals surface area contributed by atoms with Crippen molar-refractivity contribution in [3.63, 3.8) is 0 Å². The number of aliphatic carboxylic acids is 1. The van der Waals surface area contributed by atoms with Gasteiger partial charge in [-0.25, -0.2) is 9.78 Å². The highest BCUT2D eigenvalue weighted by atomic mass is 32.1. The lowest BCUT2D eigenvalue weighted by molar-refractivity contribution is -0.139. The second-order valence-electron chi connectivity index (χ2n) is 4.40. The monoisotopic (exact) mass is 307 g/mol. The molecule has 0 spiro atoms. The van der Waals surface area contributed by atoms with Crippen molar-refractivity contribution in [2.45, 2.75) is 18.9 Å². The highest BCUT2D eigenvalue weighted by molar-refractivity contribution is 7.16. The predicted octanol–water partition coefficient (Wildman–Crippen LogP) is 0.745. The molecule has 21 heavy (non-hydrogen) atoms. The summed E-state index contributed by atoms with van der Waals surface area (Å²) in [6.07, 6.45) is -0.148. The zero-order chi connectivity index (χ0) is 15.4. The summed E-state index contributed by atoms with van der Waals surface area (Å²) in [5.41, 5.74) is 7.77. The van der Waals surface area contributed by atoms with Gasteiger partial charge in [-0.05, 0) is 24.6 Å². The zero-order valence-electron chi connectivity index (χ0n) is 10.9. The van der Waals surface area contributed by atoms with E-state index in [0.717, 1.165) is 10.2 Å². The molecule has 0 fully saturated rings. The summed E-state index contributed by atoms with van der Waals surface area (Å²) >= 11 is 1.39. The standard InChI is InChI=1S/C13H13N3O4S/c14-11(17)4-3-9(13(19)20)16-12(18)7-1-2-8-10(5-7)21-6-15-8/h1-2,5-6,9H,3-4H2,(H2,14,17)(H,16,18)(H,19,20)/t9-/m0/s1. The van der Waals surface area contributed by atoms with Crippen LogP contribution >= 0.6 is 11.3 Å². The average Bonchev–Trinajstić information content (AvgIpc) is 2.89. The third kappa shape index (κ3) is 3.76. The minimum atomic E-state index is -1.21. The van der Waals surface area contributed by atoms with Crippen LogP contribution in [0.25, 0.3) is 10.2 Å². The van der Waals surface area contributed by atoms with Gasteiger partial charge in [0.25, 0.3) is 5.91 Å². The summed E-state index contributed by atoms with van der Waals surface area (Å²) in [6.45, 7) is 0. The number of primary amides is 1. The minimum absolute atomic E-state index is 0.0425. The van der Waals surface area contributed by atoms with Crippen LogP contribution in [0.5, 0.6) is 0 Å². The van der Waals surface area contributed by atoms with Crippen molar-refractivity contribution in [1.29, 1.82) is 0 Å². The number of nitrogens with zero attached hydrogens (tertiary/aromatic N) is 1. The van der Waals surface area contributed by atoms with Gasteiger partial charge < -0.3 is 16.2 Å². The van der Waals surface area contributed by atoms with E-state index in [-0.39, 0.29) is 12.8 Å². The Labute approximate surface area is 123 Å². The van der Waals surface area contributed by atoms with Crippen molar-refractivity contribution in [3.05, 3.63) is 29.3 Å². The topological polar surface area (TPSA) is 122 Å². The fourth-order valence-electron chi connectivity index (χ4n) is 1.78. The molecule has 1 heterocycles. The van der Waals surface area contributed by atoms with Crippen molar-refractivity contribution in [3.8, 4) is 0 Å². The fraction of sp³-hybridized carbons (Fsp3) is 0.231. The number of thiazole rings is 1. The highest BCUT2D eigenvalue weighted by Crippen LogP contribution is 2.19. The van der Waals surface area contributed by atoms with Crippen molar-refractivity contribution >= 4 is 39.3 Å². The van der Waals surface area contributed by atoms with E-state index in [1.807, 2.05) is 0 Å². The Balaban J connectivity index is 2.10. The molecule has 0 aliphatic carbocycles. The number of fused-ring (bicyclic) bond motifs is 1. The number of carboxylic acid groups (broad SMARTS) is 1. The van der Waals surface area contributed by atoms with Crippen molar-refractivity contribution < 1.29 is 19.5 Å². The molecule has 0 aliphatic rings. The Kier molecular flexibility index (Phi) is 4.49. The summed E-state index contributed by atoms with van der Waals surface area (Å²) in [5.74, 6) is -2.33. The SMILES string of the molecule is NC(=O)CC[C@H](NC(=O)c1ccc2ncsc2c1)C(=O)O. The number of aromatic nitrogens is 1. The largest absolute Gasteiger partial charge is 0.480 e. The third-order valence-electron chi connectivity index (χ3n) is 2.88. The molecule has 0 bridgehead atoms. The van der Waals surface area contributed by atoms with Gasteiger partial charge in [0, 0.05) is 12.0 Å². The van der Waals surface area contributed by atoms with E-state index < -0.39 is 23.8 Å². The summed E-state index contributed by atoms with van der Waals surface area (Å²) < 4.78 is 0.840. The lowest BCUT2D eigenvalue weighted by Gasteiger charge is -2.13. The first-order chi connectivity index (χ1) is 9.97. The maximum atomic E-state index is 12.1. The Morgan fingerprint density at radius 3 is 2.81 bits per heavy atom. The van der Waals surface area contributed by atoms with E-state index in [4.69, 9.17) is 10.8 Å². The number of amides is 2. The summed E-state index contributed by atoms with van der Waals surface area (Å²) in [5, 5.41) is 11.4. The molecule has 0 saturated heterocycles. The smallest absolute Gasteiger partial charge is 0.326 e. The van der Waals surface area contributed by atoms with Gasteiger partial charge in [0.05, 0.1) is 15.7 Å². The highest BCUT2D eigenvalue weighted by Gasteiger charge is 2.21. The molecule has 1 aromatic heterocycles. The third-order valence-corrected chi connectivity index (χ3v) is 3.67. The normalized spacial score (nSPS) is 12.0. The number of carbonyl (C=O) groups excluding carboxylic acids is 2. The van der Waals surface area contributed by atoms with Crippen LogP contribution < -0.4 is 11.1 Å². The molecule has 2 rings (SSSR count). The number of nitrogens with two attached hydrogens (primary N) is 1. The van der Waals surface area contributed by atoms with Gasteiger partial charge in [-0.1, -0.05) is 0 Å². The van der Waals surface area contributed by atoms with Crippen LogP contribution in [-0.2, 0) is 9.59 Å². The van der Waals surface area contributed by atoms with Gasteiger partial charge in [0.1, 0.15) is 6.04 Å². The second-order valence-corrected chi connectivity index (χ2v) is 5.29. The Bertz CT molecular complexity index is 698. The molecule has 4 N–H and O–H groups in total. The molecule has 1 atom stereocenters. The van der Waals surface area contributed by atoms with Gasteiger partial charge in [-0.3, -0.25) is 9.59 Å². The average molecular weight is 307 g/mol. The Morgan fingerprint density at radius 2 is 2.14 bits per heavy atom. The number of hydrogen-bond acceptors (Lipinski definition) is 5. The zero-order valence-corrected chi connectivity index (χ0v) is 11.7. The van der Waals surface area contributed by atoms with E-state index in [1.165, 1.54) is 11.3 Å². The number of rotatable bonds is 6. The first kappa shape index (κ1) is 14.9. The first-order valence-corrected chi connectivity index (χ1v) is 7.00. The summed E-state index contributed by atoms with van der Waals surface area (Å²) in [7, 11) is 0. The minimum Gasteiger partial charge on any atom is -0.480 e. The number of carboxylic acids is 1. The molecule has 2 amide bonds. The molecule has 8 heteroatoms. The van der Waals surface area contributed by atoms with Gasteiger partial charge in [0.15, 0.2) is 0 Å². The maximum Gasteiger partial charge on any atom is 0.326 e. The van der Waals surface area contributed by atoms with Crippen LogP contribution in [0.4, 0.5) is 0 Å². The van der Waals surface area contributed by atoms with Crippen molar-refractivity contribution in [2.75, 3.05) is 0 Å². The van der Waals surface area contributed by atoms with Crippen LogP contribution in [0.15, 0.2) is 23.7 Å².